The number of ether oxygens (including phenoxy) is 1. The van der Waals surface area contributed by atoms with Gasteiger partial charge in [0.15, 0.2) is 0 Å². The first-order chi connectivity index (χ1) is 5.79. The standard InChI is InChI=1S/C9H19N2O/c1-4-11-6-5-10-7-9(11)8(2)12-3/h4,8-10H,5-7H2,1-3H3. The fraction of sp³-hybridized carbons (Fsp3) is 0.889. The van der Waals surface area contributed by atoms with Crippen LogP contribution in [0.25, 0.3) is 0 Å². The predicted molar refractivity (Wildman–Crippen MR) is 49.8 cm³/mol. The Morgan fingerprint density at radius 2 is 2.42 bits per heavy atom. The SMILES string of the molecule is C[CH]N1CCNCC1C(C)OC. The van der Waals surface area contributed by atoms with Crippen molar-refractivity contribution in [1.82, 2.24) is 10.2 Å². The highest BCUT2D eigenvalue weighted by atomic mass is 16.5. The lowest BCUT2D eigenvalue weighted by Gasteiger charge is -2.37. The zero-order chi connectivity index (χ0) is 8.97. The van der Waals surface area contributed by atoms with Crippen molar-refractivity contribution >= 4 is 0 Å². The van der Waals surface area contributed by atoms with Gasteiger partial charge in [0.2, 0.25) is 0 Å². The molecule has 0 aromatic rings. The molecule has 0 saturated carbocycles. The van der Waals surface area contributed by atoms with Gasteiger partial charge in [-0.05, 0) is 13.8 Å². The van der Waals surface area contributed by atoms with Crippen LogP contribution in [0.4, 0.5) is 0 Å². The van der Waals surface area contributed by atoms with Crippen LogP contribution in [0.5, 0.6) is 0 Å². The van der Waals surface area contributed by atoms with Gasteiger partial charge in [-0.25, -0.2) is 0 Å². The Kier molecular flexibility index (Phi) is 3.98. The molecule has 1 aliphatic heterocycles. The smallest absolute Gasteiger partial charge is 0.0710 e. The predicted octanol–water partition coefficient (Wildman–Crippen LogP) is 0.477. The molecule has 0 aliphatic carbocycles. The van der Waals surface area contributed by atoms with Crippen LogP contribution in [0.3, 0.4) is 0 Å². The minimum absolute atomic E-state index is 0.300. The van der Waals surface area contributed by atoms with Gasteiger partial charge < -0.3 is 10.1 Å². The van der Waals surface area contributed by atoms with E-state index in [4.69, 9.17) is 4.74 Å². The molecule has 1 heterocycles. The van der Waals surface area contributed by atoms with Crippen LogP contribution >= 0.6 is 0 Å². The second-order valence-electron chi connectivity index (χ2n) is 3.21. The van der Waals surface area contributed by atoms with Gasteiger partial charge in [-0.1, -0.05) is 0 Å². The lowest BCUT2D eigenvalue weighted by Crippen LogP contribution is -2.54. The van der Waals surface area contributed by atoms with Gasteiger partial charge in [-0.3, -0.25) is 4.90 Å². The summed E-state index contributed by atoms with van der Waals surface area (Å²) in [7, 11) is 1.77. The van der Waals surface area contributed by atoms with Crippen LogP contribution in [0, 0.1) is 6.54 Å². The van der Waals surface area contributed by atoms with Gasteiger partial charge in [0.1, 0.15) is 0 Å². The van der Waals surface area contributed by atoms with Crippen molar-refractivity contribution in [3.63, 3.8) is 0 Å². The third kappa shape index (κ3) is 2.19. The topological polar surface area (TPSA) is 24.5 Å². The maximum atomic E-state index is 5.32. The fourth-order valence-electron chi connectivity index (χ4n) is 1.65. The molecule has 0 bridgehead atoms. The number of hydrogen-bond donors (Lipinski definition) is 1. The Hall–Kier alpha value is -0.120. The van der Waals surface area contributed by atoms with Crippen LogP contribution in [-0.4, -0.2) is 43.8 Å². The Bertz CT molecular complexity index is 130. The van der Waals surface area contributed by atoms with E-state index in [2.05, 4.69) is 30.6 Å². The highest BCUT2D eigenvalue weighted by Crippen LogP contribution is 2.10. The third-order valence-corrected chi connectivity index (χ3v) is 2.57. The van der Waals surface area contributed by atoms with E-state index in [0.29, 0.717) is 12.1 Å². The average molecular weight is 171 g/mol. The first-order valence-electron chi connectivity index (χ1n) is 4.58. The highest BCUT2D eigenvalue weighted by Gasteiger charge is 2.25. The van der Waals surface area contributed by atoms with E-state index >= 15 is 0 Å². The lowest BCUT2D eigenvalue weighted by atomic mass is 10.1. The van der Waals surface area contributed by atoms with E-state index in [1.807, 2.05) is 0 Å². The van der Waals surface area contributed by atoms with Gasteiger partial charge in [0, 0.05) is 39.3 Å². The minimum Gasteiger partial charge on any atom is -0.380 e. The molecule has 1 fully saturated rings. The summed E-state index contributed by atoms with van der Waals surface area (Å²) in [6.45, 7) is 9.56. The molecule has 2 atom stereocenters. The summed E-state index contributed by atoms with van der Waals surface area (Å²) in [4.78, 5) is 2.35. The molecule has 2 unspecified atom stereocenters. The van der Waals surface area contributed by atoms with Gasteiger partial charge >= 0.3 is 0 Å². The van der Waals surface area contributed by atoms with Gasteiger partial charge in [-0.2, -0.15) is 0 Å². The quantitative estimate of drug-likeness (QED) is 0.668. The second kappa shape index (κ2) is 4.80. The molecule has 3 nitrogen and oxygen atoms in total. The van der Waals surface area contributed by atoms with Crippen molar-refractivity contribution < 1.29 is 4.74 Å². The maximum absolute atomic E-state index is 5.32. The molecule has 1 saturated heterocycles. The molecule has 3 heteroatoms. The summed E-state index contributed by atoms with van der Waals surface area (Å²) in [6, 6.07) is 0.494. The summed E-state index contributed by atoms with van der Waals surface area (Å²) in [6.07, 6.45) is 0.300. The van der Waals surface area contributed by atoms with Gasteiger partial charge in [0.25, 0.3) is 0 Å². The molecule has 0 spiro atoms. The molecule has 0 aromatic carbocycles. The largest absolute Gasteiger partial charge is 0.380 e. The second-order valence-corrected chi connectivity index (χ2v) is 3.21. The van der Waals surface area contributed by atoms with E-state index < -0.39 is 0 Å². The zero-order valence-corrected chi connectivity index (χ0v) is 8.21. The molecule has 1 radical (unpaired) electrons. The first-order valence-corrected chi connectivity index (χ1v) is 4.58. The average Bonchev–Trinajstić information content (AvgIpc) is 2.16. The molecule has 1 N–H and O–H groups in total. The van der Waals surface area contributed by atoms with Crippen molar-refractivity contribution in [2.75, 3.05) is 26.7 Å². The monoisotopic (exact) mass is 171 g/mol. The molecule has 1 rings (SSSR count). The van der Waals surface area contributed by atoms with E-state index in [1.54, 1.807) is 7.11 Å². The summed E-state index contributed by atoms with van der Waals surface area (Å²) in [5.41, 5.74) is 0. The van der Waals surface area contributed by atoms with Crippen LogP contribution in [0.15, 0.2) is 0 Å². The Morgan fingerprint density at radius 1 is 1.67 bits per heavy atom. The van der Waals surface area contributed by atoms with Crippen molar-refractivity contribution in [2.45, 2.75) is 26.0 Å². The van der Waals surface area contributed by atoms with E-state index in [0.717, 1.165) is 19.6 Å². The number of nitrogens with one attached hydrogen (secondary N) is 1. The normalized spacial score (nSPS) is 28.8. The molecular formula is C9H19N2O. The first kappa shape index (κ1) is 9.96. The van der Waals surface area contributed by atoms with Crippen LogP contribution in [-0.2, 0) is 4.74 Å². The molecular weight excluding hydrogens is 152 g/mol. The van der Waals surface area contributed by atoms with E-state index in [-0.39, 0.29) is 0 Å². The minimum atomic E-state index is 0.300. The van der Waals surface area contributed by atoms with Crippen molar-refractivity contribution in [2.24, 2.45) is 0 Å². The van der Waals surface area contributed by atoms with Crippen LogP contribution < -0.4 is 5.32 Å². The van der Waals surface area contributed by atoms with Crippen LogP contribution in [0.1, 0.15) is 13.8 Å². The van der Waals surface area contributed by atoms with Crippen molar-refractivity contribution in [1.29, 1.82) is 0 Å². The number of nitrogens with zero attached hydrogens (tertiary/aromatic N) is 1. The van der Waals surface area contributed by atoms with Crippen molar-refractivity contribution in [3.05, 3.63) is 6.54 Å². The van der Waals surface area contributed by atoms with Crippen molar-refractivity contribution in [3.8, 4) is 0 Å². The summed E-state index contributed by atoms with van der Waals surface area (Å²) in [5.74, 6) is 0. The molecule has 0 aromatic heterocycles. The van der Waals surface area contributed by atoms with E-state index in [1.165, 1.54) is 0 Å². The molecule has 71 valence electrons. The summed E-state index contributed by atoms with van der Waals surface area (Å²) < 4.78 is 5.32. The summed E-state index contributed by atoms with van der Waals surface area (Å²) in [5, 5.41) is 3.37. The van der Waals surface area contributed by atoms with Gasteiger partial charge in [0.05, 0.1) is 6.10 Å². The Morgan fingerprint density at radius 3 is 3.00 bits per heavy atom. The Balaban J connectivity index is 2.46. The molecule has 12 heavy (non-hydrogen) atoms. The summed E-state index contributed by atoms with van der Waals surface area (Å²) >= 11 is 0. The Labute approximate surface area is 75.1 Å². The van der Waals surface area contributed by atoms with Crippen LogP contribution in [0.2, 0.25) is 0 Å². The third-order valence-electron chi connectivity index (χ3n) is 2.57. The van der Waals surface area contributed by atoms with Gasteiger partial charge in [-0.15, -0.1) is 0 Å². The number of rotatable bonds is 3. The maximum Gasteiger partial charge on any atom is 0.0710 e. The number of piperazine rings is 1. The van der Waals surface area contributed by atoms with E-state index in [9.17, 15) is 0 Å². The molecule has 0 amide bonds. The molecule has 1 aliphatic rings. The zero-order valence-electron chi connectivity index (χ0n) is 8.21. The highest BCUT2D eigenvalue weighted by molar-refractivity contribution is 4.86. The number of hydrogen-bond acceptors (Lipinski definition) is 3. The lowest BCUT2D eigenvalue weighted by molar-refractivity contribution is 0.0275. The fourth-order valence-corrected chi connectivity index (χ4v) is 1.65. The number of methoxy groups -OCH3 is 1.